The van der Waals surface area contributed by atoms with Crippen LogP contribution in [0.25, 0.3) is 10.9 Å². The number of aliphatic hydroxyl groups is 1. The maximum absolute atomic E-state index is 9.46. The number of pyridine rings is 1. The summed E-state index contributed by atoms with van der Waals surface area (Å²) in [6, 6.07) is 7.75. The lowest BCUT2D eigenvalue weighted by atomic mass is 10.0. The van der Waals surface area contributed by atoms with Crippen molar-refractivity contribution >= 4 is 28.2 Å². The summed E-state index contributed by atoms with van der Waals surface area (Å²) in [6.07, 6.45) is 1.62. The smallest absolute Gasteiger partial charge is 0.0988 e. The van der Waals surface area contributed by atoms with Gasteiger partial charge in [-0.15, -0.1) is 0 Å². The van der Waals surface area contributed by atoms with E-state index in [4.69, 9.17) is 16.3 Å². The van der Waals surface area contributed by atoms with Crippen molar-refractivity contribution < 1.29 is 9.84 Å². The van der Waals surface area contributed by atoms with E-state index in [0.29, 0.717) is 11.6 Å². The number of hydrogen-bond acceptors (Lipinski definition) is 4. The summed E-state index contributed by atoms with van der Waals surface area (Å²) in [6.45, 7) is 5.55. The second kappa shape index (κ2) is 5.44. The van der Waals surface area contributed by atoms with E-state index in [0.717, 1.165) is 23.1 Å². The van der Waals surface area contributed by atoms with Gasteiger partial charge in [0.2, 0.25) is 0 Å². The molecular weight excluding hydrogens is 288 g/mol. The third-order valence-electron chi connectivity index (χ3n) is 3.71. The Morgan fingerprint density at radius 2 is 2.24 bits per heavy atom. The standard InChI is InChI=1S/C16H19ClN2O2/c1-16(2)10-19(8-12(9-20)21-16)15-5-6-18-14-7-11(17)3-4-13(14)15/h3-7,12,20H,8-10H2,1-2H3. The lowest BCUT2D eigenvalue weighted by Crippen LogP contribution is -2.54. The van der Waals surface area contributed by atoms with Gasteiger partial charge in [0.05, 0.1) is 23.8 Å². The summed E-state index contributed by atoms with van der Waals surface area (Å²) in [5, 5.41) is 11.2. The van der Waals surface area contributed by atoms with Gasteiger partial charge in [0.25, 0.3) is 0 Å². The van der Waals surface area contributed by atoms with E-state index in [9.17, 15) is 5.11 Å². The van der Waals surface area contributed by atoms with E-state index in [-0.39, 0.29) is 18.3 Å². The fourth-order valence-corrected chi connectivity index (χ4v) is 3.12. The first kappa shape index (κ1) is 14.6. The van der Waals surface area contributed by atoms with E-state index in [1.807, 2.05) is 38.1 Å². The summed E-state index contributed by atoms with van der Waals surface area (Å²) in [5.41, 5.74) is 1.68. The van der Waals surface area contributed by atoms with Gasteiger partial charge in [-0.1, -0.05) is 11.6 Å². The zero-order valence-corrected chi connectivity index (χ0v) is 13.0. The number of aliphatic hydroxyl groups excluding tert-OH is 1. The first-order valence-electron chi connectivity index (χ1n) is 7.06. The van der Waals surface area contributed by atoms with Gasteiger partial charge in [0, 0.05) is 35.4 Å². The highest BCUT2D eigenvalue weighted by molar-refractivity contribution is 6.31. The SMILES string of the molecule is CC1(C)CN(c2ccnc3cc(Cl)ccc23)CC(CO)O1. The minimum Gasteiger partial charge on any atom is -0.394 e. The van der Waals surface area contributed by atoms with Crippen molar-refractivity contribution in [2.24, 2.45) is 0 Å². The lowest BCUT2D eigenvalue weighted by Gasteiger charge is -2.43. The minimum absolute atomic E-state index is 0.0226. The third-order valence-corrected chi connectivity index (χ3v) is 3.94. The summed E-state index contributed by atoms with van der Waals surface area (Å²) in [4.78, 5) is 6.63. The molecule has 0 radical (unpaired) electrons. The van der Waals surface area contributed by atoms with E-state index in [1.165, 1.54) is 0 Å². The number of ether oxygens (including phenoxy) is 1. The molecule has 0 saturated carbocycles. The first-order valence-corrected chi connectivity index (χ1v) is 7.44. The highest BCUT2D eigenvalue weighted by atomic mass is 35.5. The number of morpholine rings is 1. The number of benzene rings is 1. The average Bonchev–Trinajstić information content (AvgIpc) is 2.44. The van der Waals surface area contributed by atoms with E-state index in [1.54, 1.807) is 6.20 Å². The topological polar surface area (TPSA) is 45.6 Å². The number of fused-ring (bicyclic) bond motifs is 1. The third kappa shape index (κ3) is 2.98. The molecule has 1 fully saturated rings. The lowest BCUT2D eigenvalue weighted by molar-refractivity contribution is -0.100. The second-order valence-electron chi connectivity index (χ2n) is 6.05. The molecule has 2 aromatic rings. The molecule has 21 heavy (non-hydrogen) atoms. The van der Waals surface area contributed by atoms with Crippen molar-refractivity contribution in [1.82, 2.24) is 4.98 Å². The fraction of sp³-hybridized carbons (Fsp3) is 0.438. The molecule has 1 N–H and O–H groups in total. The predicted octanol–water partition coefficient (Wildman–Crippen LogP) is 2.86. The summed E-state index contributed by atoms with van der Waals surface area (Å²) < 4.78 is 5.88. The monoisotopic (exact) mass is 306 g/mol. The molecule has 2 heterocycles. The predicted molar refractivity (Wildman–Crippen MR) is 85.0 cm³/mol. The number of rotatable bonds is 2. The van der Waals surface area contributed by atoms with Crippen molar-refractivity contribution in [1.29, 1.82) is 0 Å². The van der Waals surface area contributed by atoms with Crippen LogP contribution in [0.15, 0.2) is 30.5 Å². The van der Waals surface area contributed by atoms with E-state index < -0.39 is 0 Å². The van der Waals surface area contributed by atoms with Gasteiger partial charge >= 0.3 is 0 Å². The Morgan fingerprint density at radius 3 is 3.00 bits per heavy atom. The first-order chi connectivity index (χ1) is 9.98. The highest BCUT2D eigenvalue weighted by Crippen LogP contribution is 2.31. The molecule has 5 heteroatoms. The molecule has 3 rings (SSSR count). The number of halogens is 1. The van der Waals surface area contributed by atoms with Crippen LogP contribution in [0.3, 0.4) is 0 Å². The van der Waals surface area contributed by atoms with Gasteiger partial charge in [0.1, 0.15) is 0 Å². The van der Waals surface area contributed by atoms with Crippen LogP contribution in [0, 0.1) is 0 Å². The number of aromatic nitrogens is 1. The van der Waals surface area contributed by atoms with Crippen molar-refractivity contribution in [2.75, 3.05) is 24.6 Å². The molecule has 1 unspecified atom stereocenters. The molecule has 112 valence electrons. The minimum atomic E-state index is -0.298. The number of hydrogen-bond donors (Lipinski definition) is 1. The molecule has 1 aliphatic rings. The molecule has 0 amide bonds. The largest absolute Gasteiger partial charge is 0.394 e. The number of nitrogens with zero attached hydrogens (tertiary/aromatic N) is 2. The molecule has 1 aromatic heterocycles. The molecule has 4 nitrogen and oxygen atoms in total. The Bertz CT molecular complexity index is 660. The van der Waals surface area contributed by atoms with Crippen LogP contribution in [0.5, 0.6) is 0 Å². The Hall–Kier alpha value is -1.36. The van der Waals surface area contributed by atoms with Crippen molar-refractivity contribution in [3.05, 3.63) is 35.5 Å². The van der Waals surface area contributed by atoms with Gasteiger partial charge in [0.15, 0.2) is 0 Å². The molecule has 1 aliphatic heterocycles. The van der Waals surface area contributed by atoms with Crippen LogP contribution < -0.4 is 4.90 Å². The molecule has 1 aromatic carbocycles. The highest BCUT2D eigenvalue weighted by Gasteiger charge is 2.33. The molecule has 0 spiro atoms. The molecule has 1 saturated heterocycles. The van der Waals surface area contributed by atoms with Crippen molar-refractivity contribution in [2.45, 2.75) is 25.6 Å². The van der Waals surface area contributed by atoms with Crippen molar-refractivity contribution in [3.8, 4) is 0 Å². The Morgan fingerprint density at radius 1 is 1.43 bits per heavy atom. The maximum atomic E-state index is 9.46. The summed E-state index contributed by atoms with van der Waals surface area (Å²) >= 11 is 6.04. The van der Waals surface area contributed by atoms with Gasteiger partial charge in [-0.2, -0.15) is 0 Å². The van der Waals surface area contributed by atoms with Gasteiger partial charge in [-0.3, -0.25) is 4.98 Å². The fourth-order valence-electron chi connectivity index (χ4n) is 2.96. The zero-order valence-electron chi connectivity index (χ0n) is 12.2. The van der Waals surface area contributed by atoms with Gasteiger partial charge in [-0.05, 0) is 38.1 Å². The normalized spacial score (nSPS) is 21.7. The van der Waals surface area contributed by atoms with E-state index >= 15 is 0 Å². The Balaban J connectivity index is 2.03. The van der Waals surface area contributed by atoms with E-state index in [2.05, 4.69) is 9.88 Å². The molecule has 1 atom stereocenters. The molecule has 0 aliphatic carbocycles. The van der Waals surface area contributed by atoms with Gasteiger partial charge < -0.3 is 14.7 Å². The second-order valence-corrected chi connectivity index (χ2v) is 6.49. The Kier molecular flexibility index (Phi) is 3.78. The van der Waals surface area contributed by atoms with Crippen LogP contribution in [0.1, 0.15) is 13.8 Å². The van der Waals surface area contributed by atoms with Crippen LogP contribution in [-0.4, -0.2) is 41.5 Å². The maximum Gasteiger partial charge on any atom is 0.0988 e. The van der Waals surface area contributed by atoms with Crippen molar-refractivity contribution in [3.63, 3.8) is 0 Å². The zero-order chi connectivity index (χ0) is 15.0. The average molecular weight is 307 g/mol. The molecular formula is C16H19ClN2O2. The summed E-state index contributed by atoms with van der Waals surface area (Å²) in [5.74, 6) is 0. The Labute approximate surface area is 129 Å². The van der Waals surface area contributed by atoms with Crippen LogP contribution in [0.2, 0.25) is 5.02 Å². The van der Waals surface area contributed by atoms with Crippen LogP contribution >= 0.6 is 11.6 Å². The van der Waals surface area contributed by atoms with Gasteiger partial charge in [-0.25, -0.2) is 0 Å². The quantitative estimate of drug-likeness (QED) is 0.927. The molecule has 0 bridgehead atoms. The summed E-state index contributed by atoms with van der Waals surface area (Å²) in [7, 11) is 0. The van der Waals surface area contributed by atoms with Crippen LogP contribution in [0.4, 0.5) is 5.69 Å². The number of anilines is 1. The van der Waals surface area contributed by atoms with Crippen LogP contribution in [-0.2, 0) is 4.74 Å².